The molecule has 5 heteroatoms. The topological polar surface area (TPSA) is 64.8 Å². The third-order valence-corrected chi connectivity index (χ3v) is 4.77. The summed E-state index contributed by atoms with van der Waals surface area (Å²) in [4.78, 5) is 15.0. The van der Waals surface area contributed by atoms with Crippen molar-refractivity contribution in [3.05, 3.63) is 23.8 Å². The highest BCUT2D eigenvalue weighted by Gasteiger charge is 2.23. The lowest BCUT2D eigenvalue weighted by molar-refractivity contribution is 0.0283. The van der Waals surface area contributed by atoms with Crippen molar-refractivity contribution in [2.75, 3.05) is 32.0 Å². The lowest BCUT2D eigenvalue weighted by Gasteiger charge is -2.35. The Labute approximate surface area is 157 Å². The number of hydrogen-bond acceptors (Lipinski definition) is 5. The highest BCUT2D eigenvalue weighted by Crippen LogP contribution is 2.24. The number of nitrogens with two attached hydrogens (primary N) is 1. The van der Waals surface area contributed by atoms with Crippen LogP contribution in [0.2, 0.25) is 0 Å². The molecule has 1 aromatic rings. The summed E-state index contributed by atoms with van der Waals surface area (Å²) < 4.78 is 11.3. The van der Waals surface area contributed by atoms with Crippen molar-refractivity contribution in [2.24, 2.45) is 5.92 Å². The Hall–Kier alpha value is -1.75. The Morgan fingerprint density at radius 2 is 1.96 bits per heavy atom. The first kappa shape index (κ1) is 20.6. The molecule has 0 unspecified atom stereocenters. The molecule has 1 aliphatic heterocycles. The van der Waals surface area contributed by atoms with E-state index in [1.807, 2.05) is 6.92 Å². The van der Waals surface area contributed by atoms with Crippen LogP contribution >= 0.6 is 0 Å². The van der Waals surface area contributed by atoms with Gasteiger partial charge in [-0.1, -0.05) is 27.2 Å². The first-order valence-corrected chi connectivity index (χ1v) is 9.94. The number of rotatable bonds is 9. The van der Waals surface area contributed by atoms with Crippen molar-refractivity contribution in [1.82, 2.24) is 4.90 Å². The van der Waals surface area contributed by atoms with Crippen molar-refractivity contribution >= 4 is 11.7 Å². The van der Waals surface area contributed by atoms with Crippen LogP contribution in [0.3, 0.4) is 0 Å². The average molecular weight is 363 g/mol. The summed E-state index contributed by atoms with van der Waals surface area (Å²) in [5.41, 5.74) is 6.96. The van der Waals surface area contributed by atoms with Crippen LogP contribution in [0.5, 0.6) is 5.75 Å². The van der Waals surface area contributed by atoms with Gasteiger partial charge in [0.15, 0.2) is 0 Å². The predicted molar refractivity (Wildman–Crippen MR) is 106 cm³/mol. The standard InChI is InChI=1S/C21H34N2O3/c1-4-12-25-20-14-17(8-9-19(20)22)21(24)26-15-18(13-16(2)3)23-10-6-5-7-11-23/h8-9,14,16,18H,4-7,10-13,15,22H2,1-3H3/t18-/m0/s1. The molecular weight excluding hydrogens is 328 g/mol. The molecule has 1 saturated heterocycles. The summed E-state index contributed by atoms with van der Waals surface area (Å²) in [5.74, 6) is 0.819. The molecule has 0 aromatic heterocycles. The second kappa shape index (κ2) is 10.4. The summed E-state index contributed by atoms with van der Waals surface area (Å²) in [6.07, 6.45) is 5.70. The maximum atomic E-state index is 12.5. The number of nitrogen functional groups attached to an aromatic ring is 1. The van der Waals surface area contributed by atoms with Crippen LogP contribution in [0.25, 0.3) is 0 Å². The molecule has 1 atom stereocenters. The summed E-state index contributed by atoms with van der Waals surface area (Å²) in [5, 5.41) is 0. The van der Waals surface area contributed by atoms with Gasteiger partial charge in [-0.05, 0) is 62.9 Å². The number of benzene rings is 1. The number of nitrogens with zero attached hydrogens (tertiary/aromatic N) is 1. The van der Waals surface area contributed by atoms with Crippen molar-refractivity contribution < 1.29 is 14.3 Å². The minimum absolute atomic E-state index is 0.295. The molecule has 1 aliphatic rings. The molecule has 5 nitrogen and oxygen atoms in total. The fourth-order valence-electron chi connectivity index (χ4n) is 3.40. The number of ether oxygens (including phenoxy) is 2. The Kier molecular flexibility index (Phi) is 8.23. The number of piperidine rings is 1. The van der Waals surface area contributed by atoms with Gasteiger partial charge in [-0.15, -0.1) is 0 Å². The van der Waals surface area contributed by atoms with Gasteiger partial charge in [0.25, 0.3) is 0 Å². The summed E-state index contributed by atoms with van der Waals surface area (Å²) in [6.45, 7) is 9.69. The minimum atomic E-state index is -0.308. The number of likely N-dealkylation sites (tertiary alicyclic amines) is 1. The molecule has 0 bridgehead atoms. The molecule has 2 rings (SSSR count). The van der Waals surface area contributed by atoms with E-state index in [0.717, 1.165) is 25.9 Å². The quantitative estimate of drug-likeness (QED) is 0.529. The van der Waals surface area contributed by atoms with Gasteiger partial charge < -0.3 is 15.2 Å². The molecule has 2 N–H and O–H groups in total. The molecular formula is C21H34N2O3. The van der Waals surface area contributed by atoms with Crippen molar-refractivity contribution in [3.63, 3.8) is 0 Å². The largest absolute Gasteiger partial charge is 0.491 e. The Bertz CT molecular complexity index is 568. The van der Waals surface area contributed by atoms with E-state index < -0.39 is 0 Å². The number of anilines is 1. The molecule has 0 aliphatic carbocycles. The lowest BCUT2D eigenvalue weighted by atomic mass is 10.0. The van der Waals surface area contributed by atoms with Crippen molar-refractivity contribution in [3.8, 4) is 5.75 Å². The van der Waals surface area contributed by atoms with E-state index in [9.17, 15) is 4.79 Å². The molecule has 1 aromatic carbocycles. The van der Waals surface area contributed by atoms with Gasteiger partial charge in [-0.25, -0.2) is 4.79 Å². The molecule has 1 heterocycles. The maximum absolute atomic E-state index is 12.5. The number of carbonyl (C=O) groups is 1. The summed E-state index contributed by atoms with van der Waals surface area (Å²) >= 11 is 0. The fourth-order valence-corrected chi connectivity index (χ4v) is 3.40. The smallest absolute Gasteiger partial charge is 0.338 e. The maximum Gasteiger partial charge on any atom is 0.338 e. The molecule has 0 amide bonds. The molecule has 146 valence electrons. The van der Waals surface area contributed by atoms with Gasteiger partial charge in [0, 0.05) is 6.04 Å². The van der Waals surface area contributed by atoms with Crippen LogP contribution in [0.1, 0.15) is 63.2 Å². The highest BCUT2D eigenvalue weighted by atomic mass is 16.5. The Morgan fingerprint density at radius 1 is 1.23 bits per heavy atom. The second-order valence-electron chi connectivity index (χ2n) is 7.58. The van der Waals surface area contributed by atoms with Crippen LogP contribution < -0.4 is 10.5 Å². The zero-order valence-electron chi connectivity index (χ0n) is 16.5. The summed E-state index contributed by atoms with van der Waals surface area (Å²) in [6, 6.07) is 5.39. The zero-order chi connectivity index (χ0) is 18.9. The van der Waals surface area contributed by atoms with E-state index in [-0.39, 0.29) is 5.97 Å². The second-order valence-corrected chi connectivity index (χ2v) is 7.58. The monoisotopic (exact) mass is 362 g/mol. The van der Waals surface area contributed by atoms with Crippen LogP contribution in [0.4, 0.5) is 5.69 Å². The third-order valence-electron chi connectivity index (χ3n) is 4.77. The Balaban J connectivity index is 1.98. The van der Waals surface area contributed by atoms with E-state index in [2.05, 4.69) is 18.7 Å². The first-order valence-electron chi connectivity index (χ1n) is 9.94. The SMILES string of the molecule is CCCOc1cc(C(=O)OC[C@H](CC(C)C)N2CCCCC2)ccc1N. The highest BCUT2D eigenvalue weighted by molar-refractivity contribution is 5.90. The third kappa shape index (κ3) is 6.20. The molecule has 0 spiro atoms. The van der Waals surface area contributed by atoms with Crippen molar-refractivity contribution in [2.45, 2.75) is 58.9 Å². The molecule has 26 heavy (non-hydrogen) atoms. The van der Waals surface area contributed by atoms with Gasteiger partial charge in [0.1, 0.15) is 12.4 Å². The van der Waals surface area contributed by atoms with Gasteiger partial charge >= 0.3 is 5.97 Å². The molecule has 0 radical (unpaired) electrons. The first-order chi connectivity index (χ1) is 12.5. The van der Waals surface area contributed by atoms with E-state index in [1.165, 1.54) is 19.3 Å². The molecule has 1 fully saturated rings. The normalized spacial score (nSPS) is 16.5. The predicted octanol–water partition coefficient (Wildman–Crippen LogP) is 4.12. The zero-order valence-corrected chi connectivity index (χ0v) is 16.5. The summed E-state index contributed by atoms with van der Waals surface area (Å²) in [7, 11) is 0. The lowest BCUT2D eigenvalue weighted by Crippen LogP contribution is -2.43. The van der Waals surface area contributed by atoms with E-state index in [0.29, 0.717) is 42.2 Å². The van der Waals surface area contributed by atoms with E-state index in [1.54, 1.807) is 18.2 Å². The molecule has 0 saturated carbocycles. The number of esters is 1. The van der Waals surface area contributed by atoms with Gasteiger partial charge in [-0.3, -0.25) is 4.90 Å². The van der Waals surface area contributed by atoms with Gasteiger partial charge in [0.2, 0.25) is 0 Å². The van der Waals surface area contributed by atoms with Crippen LogP contribution in [-0.4, -0.2) is 43.2 Å². The van der Waals surface area contributed by atoms with Gasteiger partial charge in [-0.2, -0.15) is 0 Å². The van der Waals surface area contributed by atoms with Crippen LogP contribution in [-0.2, 0) is 4.74 Å². The van der Waals surface area contributed by atoms with E-state index in [4.69, 9.17) is 15.2 Å². The minimum Gasteiger partial charge on any atom is -0.491 e. The van der Waals surface area contributed by atoms with Gasteiger partial charge in [0.05, 0.1) is 17.9 Å². The number of hydrogen-bond donors (Lipinski definition) is 1. The fraction of sp³-hybridized carbons (Fsp3) is 0.667. The van der Waals surface area contributed by atoms with Crippen molar-refractivity contribution in [1.29, 1.82) is 0 Å². The Morgan fingerprint density at radius 3 is 2.62 bits per heavy atom. The van der Waals surface area contributed by atoms with E-state index >= 15 is 0 Å². The van der Waals surface area contributed by atoms with Crippen LogP contribution in [0.15, 0.2) is 18.2 Å². The number of carbonyl (C=O) groups excluding carboxylic acids is 1. The van der Waals surface area contributed by atoms with Crippen LogP contribution in [0, 0.1) is 5.92 Å². The average Bonchev–Trinajstić information content (AvgIpc) is 2.64.